The Balaban J connectivity index is 2.03. The van der Waals surface area contributed by atoms with E-state index in [4.69, 9.17) is 5.11 Å². The molecule has 1 heterocycles. The monoisotopic (exact) mass is 299 g/mol. The van der Waals surface area contributed by atoms with Crippen molar-refractivity contribution in [2.75, 3.05) is 18.9 Å². The van der Waals surface area contributed by atoms with Crippen LogP contribution >= 0.6 is 11.8 Å². The van der Waals surface area contributed by atoms with Crippen molar-refractivity contribution in [3.63, 3.8) is 0 Å². The number of imide groups is 1. The number of hydrogen-bond acceptors (Lipinski definition) is 5. The number of halogens is 1. The fourth-order valence-electron chi connectivity index (χ4n) is 1.58. The smallest absolute Gasteiger partial charge is 0.416 e. The van der Waals surface area contributed by atoms with Crippen molar-refractivity contribution in [2.24, 2.45) is 0 Å². The lowest BCUT2D eigenvalue weighted by Gasteiger charge is -2.10. The number of rotatable bonds is 4. The van der Waals surface area contributed by atoms with E-state index < -0.39 is 23.8 Å². The van der Waals surface area contributed by atoms with Gasteiger partial charge < -0.3 is 9.84 Å². The zero-order valence-corrected chi connectivity index (χ0v) is 11.0. The molecule has 2 amide bonds. The zero-order valence-electron chi connectivity index (χ0n) is 10.2. The standard InChI is InChI=1S/C12H10FNO5S/c13-8-2-1-7(11(16)17)5-9(8)20-6-10(15)14-3-4-19-12(14)18/h1-2,5H,3-4,6H2,(H,16,17). The lowest BCUT2D eigenvalue weighted by atomic mass is 10.2. The van der Waals surface area contributed by atoms with Crippen LogP contribution in [0.3, 0.4) is 0 Å². The number of thioether (sulfide) groups is 1. The minimum atomic E-state index is -1.18. The molecule has 2 rings (SSSR count). The third-order valence-electron chi connectivity index (χ3n) is 2.59. The second-order valence-electron chi connectivity index (χ2n) is 3.90. The lowest BCUT2D eigenvalue weighted by molar-refractivity contribution is -0.125. The zero-order chi connectivity index (χ0) is 14.7. The van der Waals surface area contributed by atoms with Crippen molar-refractivity contribution in [3.05, 3.63) is 29.6 Å². The molecule has 0 radical (unpaired) electrons. The van der Waals surface area contributed by atoms with Gasteiger partial charge in [0.05, 0.1) is 17.9 Å². The Morgan fingerprint density at radius 3 is 2.80 bits per heavy atom. The predicted molar refractivity (Wildman–Crippen MR) is 67.1 cm³/mol. The molecule has 0 aliphatic carbocycles. The number of cyclic esters (lactones) is 1. The van der Waals surface area contributed by atoms with Crippen molar-refractivity contribution in [2.45, 2.75) is 4.90 Å². The van der Waals surface area contributed by atoms with Gasteiger partial charge in [-0.15, -0.1) is 11.8 Å². The number of carboxylic acid groups (broad SMARTS) is 1. The number of amides is 2. The molecule has 1 aliphatic heterocycles. The second-order valence-corrected chi connectivity index (χ2v) is 4.92. The van der Waals surface area contributed by atoms with Crippen molar-refractivity contribution in [3.8, 4) is 0 Å². The molecule has 1 aromatic rings. The highest BCUT2D eigenvalue weighted by Gasteiger charge is 2.28. The highest BCUT2D eigenvalue weighted by Crippen LogP contribution is 2.24. The molecular weight excluding hydrogens is 289 g/mol. The van der Waals surface area contributed by atoms with Gasteiger partial charge in [0.2, 0.25) is 5.91 Å². The molecule has 6 nitrogen and oxygen atoms in total. The first-order valence-electron chi connectivity index (χ1n) is 5.62. The summed E-state index contributed by atoms with van der Waals surface area (Å²) in [6, 6.07) is 3.32. The normalized spacial score (nSPS) is 14.2. The van der Waals surface area contributed by atoms with Crippen LogP contribution in [-0.4, -0.2) is 46.9 Å². The molecule has 0 spiro atoms. The van der Waals surface area contributed by atoms with Gasteiger partial charge in [0, 0.05) is 4.90 Å². The molecule has 1 saturated heterocycles. The van der Waals surface area contributed by atoms with Crippen LogP contribution in [0.1, 0.15) is 10.4 Å². The van der Waals surface area contributed by atoms with Crippen molar-refractivity contribution in [1.29, 1.82) is 0 Å². The van der Waals surface area contributed by atoms with E-state index in [1.165, 1.54) is 0 Å². The first kappa shape index (κ1) is 14.3. The number of carbonyl (C=O) groups is 3. The van der Waals surface area contributed by atoms with E-state index in [9.17, 15) is 18.8 Å². The maximum Gasteiger partial charge on any atom is 0.416 e. The summed E-state index contributed by atoms with van der Waals surface area (Å²) in [5.41, 5.74) is -0.0677. The van der Waals surface area contributed by atoms with E-state index in [-0.39, 0.29) is 29.4 Å². The predicted octanol–water partition coefficient (Wildman–Crippen LogP) is 1.59. The molecule has 1 aliphatic rings. The summed E-state index contributed by atoms with van der Waals surface area (Å²) < 4.78 is 18.1. The van der Waals surface area contributed by atoms with Crippen molar-refractivity contribution < 1.29 is 28.6 Å². The summed E-state index contributed by atoms with van der Waals surface area (Å²) in [6.45, 7) is 0.327. The Morgan fingerprint density at radius 1 is 1.45 bits per heavy atom. The number of ether oxygens (including phenoxy) is 1. The first-order valence-corrected chi connectivity index (χ1v) is 6.60. The van der Waals surface area contributed by atoms with E-state index in [0.717, 1.165) is 34.9 Å². The van der Waals surface area contributed by atoms with Gasteiger partial charge in [-0.05, 0) is 18.2 Å². The number of carboxylic acids is 1. The topological polar surface area (TPSA) is 83.9 Å². The van der Waals surface area contributed by atoms with Gasteiger partial charge in [-0.3, -0.25) is 4.79 Å². The number of nitrogens with zero attached hydrogens (tertiary/aromatic N) is 1. The number of aromatic carboxylic acids is 1. The maximum atomic E-state index is 13.5. The van der Waals surface area contributed by atoms with Crippen LogP contribution in [0.15, 0.2) is 23.1 Å². The van der Waals surface area contributed by atoms with Gasteiger partial charge in [-0.25, -0.2) is 18.9 Å². The molecule has 0 aromatic heterocycles. The molecule has 0 saturated carbocycles. The van der Waals surface area contributed by atoms with E-state index in [0.29, 0.717) is 0 Å². The average Bonchev–Trinajstić information content (AvgIpc) is 2.83. The minimum absolute atomic E-state index is 0.0471. The summed E-state index contributed by atoms with van der Waals surface area (Å²) in [7, 11) is 0. The van der Waals surface area contributed by atoms with Gasteiger partial charge in [-0.1, -0.05) is 0 Å². The molecule has 1 aromatic carbocycles. The average molecular weight is 299 g/mol. The quantitative estimate of drug-likeness (QED) is 0.850. The van der Waals surface area contributed by atoms with E-state index in [2.05, 4.69) is 4.74 Å². The summed E-state index contributed by atoms with van der Waals surface area (Å²) in [5.74, 6) is -2.47. The molecule has 106 valence electrons. The Bertz CT molecular complexity index is 577. The molecule has 0 unspecified atom stereocenters. The largest absolute Gasteiger partial charge is 0.478 e. The summed E-state index contributed by atoms with van der Waals surface area (Å²) in [4.78, 5) is 34.7. The van der Waals surface area contributed by atoms with Crippen LogP contribution in [0.5, 0.6) is 0 Å². The fourth-order valence-corrected chi connectivity index (χ4v) is 2.44. The highest BCUT2D eigenvalue weighted by molar-refractivity contribution is 8.00. The van der Waals surface area contributed by atoms with E-state index in [1.807, 2.05) is 0 Å². The minimum Gasteiger partial charge on any atom is -0.478 e. The number of benzene rings is 1. The van der Waals surface area contributed by atoms with E-state index in [1.54, 1.807) is 0 Å². The van der Waals surface area contributed by atoms with Gasteiger partial charge in [0.15, 0.2) is 0 Å². The molecule has 8 heteroatoms. The van der Waals surface area contributed by atoms with Crippen LogP contribution in [0, 0.1) is 5.82 Å². The highest BCUT2D eigenvalue weighted by atomic mass is 32.2. The Hall–Kier alpha value is -2.09. The third kappa shape index (κ3) is 3.08. The van der Waals surface area contributed by atoms with Gasteiger partial charge in [0.1, 0.15) is 12.4 Å². The molecule has 0 atom stereocenters. The Labute approximate surface area is 117 Å². The SMILES string of the molecule is O=C(O)c1ccc(F)c(SCC(=O)N2CCOC2=O)c1. The molecule has 1 fully saturated rings. The second kappa shape index (κ2) is 5.91. The molecular formula is C12H10FNO5S. The van der Waals surface area contributed by atoms with Crippen LogP contribution in [-0.2, 0) is 9.53 Å². The first-order chi connectivity index (χ1) is 9.49. The molecule has 20 heavy (non-hydrogen) atoms. The van der Waals surface area contributed by atoms with E-state index >= 15 is 0 Å². The van der Waals surface area contributed by atoms with Crippen LogP contribution in [0.2, 0.25) is 0 Å². The maximum absolute atomic E-state index is 13.5. The summed E-state index contributed by atoms with van der Waals surface area (Å²) in [6.07, 6.45) is -0.713. The fraction of sp³-hybridized carbons (Fsp3) is 0.250. The van der Waals surface area contributed by atoms with Gasteiger partial charge >= 0.3 is 12.1 Å². The lowest BCUT2D eigenvalue weighted by Crippen LogP contribution is -2.33. The third-order valence-corrected chi connectivity index (χ3v) is 3.61. The number of carbonyl (C=O) groups excluding carboxylic acids is 2. The summed E-state index contributed by atoms with van der Waals surface area (Å²) >= 11 is 0.838. The van der Waals surface area contributed by atoms with Crippen LogP contribution < -0.4 is 0 Å². The number of hydrogen-bond donors (Lipinski definition) is 1. The molecule has 1 N–H and O–H groups in total. The van der Waals surface area contributed by atoms with Crippen LogP contribution in [0.4, 0.5) is 9.18 Å². The van der Waals surface area contributed by atoms with Crippen LogP contribution in [0.25, 0.3) is 0 Å². The van der Waals surface area contributed by atoms with Crippen molar-refractivity contribution >= 4 is 29.7 Å². The Kier molecular flexibility index (Phi) is 4.23. The summed E-state index contributed by atoms with van der Waals surface area (Å²) in [5, 5.41) is 8.82. The van der Waals surface area contributed by atoms with Gasteiger partial charge in [0.25, 0.3) is 0 Å². The van der Waals surface area contributed by atoms with Gasteiger partial charge in [-0.2, -0.15) is 0 Å². The van der Waals surface area contributed by atoms with Crippen molar-refractivity contribution in [1.82, 2.24) is 4.90 Å². The Morgan fingerprint density at radius 2 is 2.20 bits per heavy atom. The molecule has 0 bridgehead atoms.